The number of nitrogens with one attached hydrogen (secondary N) is 1. The number of furan rings is 1. The maximum Gasteiger partial charge on any atom is 0.307 e. The number of fused-ring (bicyclic) bond motifs is 2. The van der Waals surface area contributed by atoms with Crippen molar-refractivity contribution in [3.8, 4) is 5.75 Å². The van der Waals surface area contributed by atoms with E-state index >= 15 is 0 Å². The molecule has 6 nitrogen and oxygen atoms in total. The minimum absolute atomic E-state index is 0.0987. The van der Waals surface area contributed by atoms with Gasteiger partial charge in [-0.05, 0) is 94.0 Å². The first-order valence-electron chi connectivity index (χ1n) is 11.6. The fourth-order valence-electron chi connectivity index (χ4n) is 5.30. The Labute approximate surface area is 209 Å². The lowest BCUT2D eigenvalue weighted by Crippen LogP contribution is -2.51. The minimum atomic E-state index is -0.415. The van der Waals surface area contributed by atoms with Crippen molar-refractivity contribution in [1.29, 1.82) is 0 Å². The highest BCUT2D eigenvalue weighted by Gasteiger charge is 2.37. The summed E-state index contributed by atoms with van der Waals surface area (Å²) in [5.74, 6) is 0.757. The lowest BCUT2D eigenvalue weighted by molar-refractivity contribution is 0.0929. The molecule has 4 rings (SSSR count). The first kappa shape index (κ1) is 24.3. The molecule has 0 fully saturated rings. The van der Waals surface area contributed by atoms with Crippen molar-refractivity contribution in [1.82, 2.24) is 5.43 Å². The molecule has 34 heavy (non-hydrogen) atoms. The summed E-state index contributed by atoms with van der Waals surface area (Å²) in [5.41, 5.74) is 7.94. The van der Waals surface area contributed by atoms with Gasteiger partial charge in [-0.3, -0.25) is 4.79 Å². The molecule has 0 radical (unpaired) electrons. The Hall–Kier alpha value is -2.80. The zero-order valence-electron chi connectivity index (χ0n) is 20.8. The molecule has 3 aromatic rings. The predicted octanol–water partition coefficient (Wildman–Crippen LogP) is 6.78. The first-order chi connectivity index (χ1) is 16.0. The largest absolute Gasteiger partial charge is 0.493 e. The van der Waals surface area contributed by atoms with E-state index in [0.717, 1.165) is 27.4 Å². The van der Waals surface area contributed by atoms with E-state index in [1.54, 1.807) is 25.5 Å². The first-order valence-corrected chi connectivity index (χ1v) is 12.4. The fourth-order valence-corrected chi connectivity index (χ4v) is 5.75. The number of aryl methyl sites for hydroxylation is 1. The van der Waals surface area contributed by atoms with Crippen LogP contribution in [0, 0.1) is 6.92 Å². The zero-order valence-corrected chi connectivity index (χ0v) is 22.4. The average molecular weight is 526 g/mol. The molecule has 1 amide bonds. The van der Waals surface area contributed by atoms with Gasteiger partial charge >= 0.3 is 5.91 Å². The van der Waals surface area contributed by atoms with E-state index in [1.807, 2.05) is 6.07 Å². The van der Waals surface area contributed by atoms with E-state index in [-0.39, 0.29) is 11.3 Å². The van der Waals surface area contributed by atoms with Gasteiger partial charge in [-0.2, -0.15) is 5.10 Å². The van der Waals surface area contributed by atoms with Crippen LogP contribution in [0.1, 0.15) is 74.2 Å². The van der Waals surface area contributed by atoms with E-state index < -0.39 is 5.91 Å². The van der Waals surface area contributed by atoms with Crippen molar-refractivity contribution in [2.75, 3.05) is 12.0 Å². The molecule has 1 aliphatic heterocycles. The van der Waals surface area contributed by atoms with Gasteiger partial charge in [0.05, 0.1) is 13.3 Å². The van der Waals surface area contributed by atoms with Gasteiger partial charge in [0.1, 0.15) is 0 Å². The molecule has 0 bridgehead atoms. The van der Waals surface area contributed by atoms with Gasteiger partial charge in [-0.25, -0.2) is 5.43 Å². The standard InChI is InChI=1S/C27H32BrN3O3/c1-15(2)31-22-8-16(3)19(10-21(22)17(4)13-27(31,5)6)14-29-30-26(32)24-11-18-9-20(28)12-23(33-7)25(18)34-24/h8-12,14-15,17H,13H2,1-7H3,(H,30,32)/b29-14-/t17-/m1/s1. The molecule has 1 aromatic heterocycles. The number of carbonyl (C=O) groups is 1. The van der Waals surface area contributed by atoms with Gasteiger partial charge in [0.25, 0.3) is 0 Å². The fraction of sp³-hybridized carbons (Fsp3) is 0.407. The van der Waals surface area contributed by atoms with Gasteiger partial charge in [-0.1, -0.05) is 22.9 Å². The third-order valence-electron chi connectivity index (χ3n) is 6.54. The molecule has 180 valence electrons. The molecule has 0 aliphatic carbocycles. The number of hydrogen-bond donors (Lipinski definition) is 1. The van der Waals surface area contributed by atoms with Gasteiger partial charge in [-0.15, -0.1) is 0 Å². The van der Waals surface area contributed by atoms with Crippen LogP contribution in [-0.4, -0.2) is 30.8 Å². The van der Waals surface area contributed by atoms with Crippen molar-refractivity contribution >= 4 is 44.7 Å². The summed E-state index contributed by atoms with van der Waals surface area (Å²) in [6.07, 6.45) is 2.79. The van der Waals surface area contributed by atoms with Crippen LogP contribution in [0.15, 0.2) is 44.3 Å². The second-order valence-corrected chi connectivity index (χ2v) is 10.9. The number of methoxy groups -OCH3 is 1. The van der Waals surface area contributed by atoms with E-state index in [2.05, 4.69) is 85.0 Å². The summed E-state index contributed by atoms with van der Waals surface area (Å²) in [4.78, 5) is 15.2. The highest BCUT2D eigenvalue weighted by atomic mass is 79.9. The summed E-state index contributed by atoms with van der Waals surface area (Å²) in [7, 11) is 1.57. The van der Waals surface area contributed by atoms with Crippen molar-refractivity contribution in [2.24, 2.45) is 5.10 Å². The molecule has 7 heteroatoms. The van der Waals surface area contributed by atoms with Gasteiger partial charge in [0.2, 0.25) is 0 Å². The minimum Gasteiger partial charge on any atom is -0.493 e. The van der Waals surface area contributed by atoms with E-state index in [4.69, 9.17) is 9.15 Å². The lowest BCUT2D eigenvalue weighted by Gasteiger charge is -2.50. The van der Waals surface area contributed by atoms with E-state index in [0.29, 0.717) is 23.3 Å². The molecule has 1 N–H and O–H groups in total. The highest BCUT2D eigenvalue weighted by molar-refractivity contribution is 9.10. The van der Waals surface area contributed by atoms with Crippen LogP contribution >= 0.6 is 15.9 Å². The quantitative estimate of drug-likeness (QED) is 0.294. The van der Waals surface area contributed by atoms with Gasteiger partial charge in [0.15, 0.2) is 17.1 Å². The number of halogens is 1. The SMILES string of the molecule is COc1cc(Br)cc2cc(C(=O)N/N=C\c3cc4c(cc3C)N(C(C)C)C(C)(C)C[C@H]4C)oc12. The third-order valence-corrected chi connectivity index (χ3v) is 7.00. The molecule has 0 spiro atoms. The number of amides is 1. The number of anilines is 1. The molecule has 1 atom stereocenters. The second kappa shape index (κ2) is 9.10. The molecular weight excluding hydrogens is 494 g/mol. The van der Waals surface area contributed by atoms with E-state index in [9.17, 15) is 4.79 Å². The van der Waals surface area contributed by atoms with Crippen molar-refractivity contribution < 1.29 is 13.9 Å². The van der Waals surface area contributed by atoms with Crippen LogP contribution in [-0.2, 0) is 0 Å². The smallest absolute Gasteiger partial charge is 0.307 e. The van der Waals surface area contributed by atoms with Crippen molar-refractivity contribution in [3.63, 3.8) is 0 Å². The average Bonchev–Trinajstić information content (AvgIpc) is 3.17. The van der Waals surface area contributed by atoms with Crippen LogP contribution < -0.4 is 15.1 Å². The summed E-state index contributed by atoms with van der Waals surface area (Å²) in [5, 5.41) is 5.00. The maximum absolute atomic E-state index is 12.7. The Kier molecular flexibility index (Phi) is 6.51. The predicted molar refractivity (Wildman–Crippen MR) is 141 cm³/mol. The third kappa shape index (κ3) is 4.45. The molecule has 2 heterocycles. The molecule has 1 aliphatic rings. The lowest BCUT2D eigenvalue weighted by atomic mass is 9.78. The Bertz CT molecular complexity index is 1280. The van der Waals surface area contributed by atoms with Gasteiger partial charge in [0, 0.05) is 27.1 Å². The van der Waals surface area contributed by atoms with Crippen LogP contribution in [0.4, 0.5) is 5.69 Å². The molecular formula is C27H32BrN3O3. The monoisotopic (exact) mass is 525 g/mol. The number of ether oxygens (including phenoxy) is 1. The summed E-state index contributed by atoms with van der Waals surface area (Å²) < 4.78 is 11.9. The summed E-state index contributed by atoms with van der Waals surface area (Å²) in [6.45, 7) is 13.5. The molecule has 0 saturated carbocycles. The number of hydrazone groups is 1. The van der Waals surface area contributed by atoms with Crippen LogP contribution in [0.3, 0.4) is 0 Å². The Morgan fingerprint density at radius 2 is 2.03 bits per heavy atom. The molecule has 0 saturated heterocycles. The summed E-state index contributed by atoms with van der Waals surface area (Å²) in [6, 6.07) is 10.2. The number of nitrogens with zero attached hydrogens (tertiary/aromatic N) is 2. The Morgan fingerprint density at radius 3 is 2.71 bits per heavy atom. The number of benzene rings is 2. The topological polar surface area (TPSA) is 67.1 Å². The van der Waals surface area contributed by atoms with Crippen LogP contribution in [0.25, 0.3) is 11.0 Å². The highest BCUT2D eigenvalue weighted by Crippen LogP contribution is 2.45. The number of rotatable bonds is 5. The Balaban J connectivity index is 1.58. The van der Waals surface area contributed by atoms with Crippen molar-refractivity contribution in [3.05, 3.63) is 57.3 Å². The van der Waals surface area contributed by atoms with Crippen molar-refractivity contribution in [2.45, 2.75) is 65.5 Å². The number of hydrogen-bond acceptors (Lipinski definition) is 5. The second-order valence-electron chi connectivity index (χ2n) is 9.99. The maximum atomic E-state index is 12.7. The normalized spacial score (nSPS) is 17.4. The zero-order chi connectivity index (χ0) is 24.8. The van der Waals surface area contributed by atoms with E-state index in [1.165, 1.54) is 11.3 Å². The van der Waals surface area contributed by atoms with Crippen LogP contribution in [0.5, 0.6) is 5.75 Å². The molecule has 2 aromatic carbocycles. The molecule has 0 unspecified atom stereocenters. The Morgan fingerprint density at radius 1 is 1.29 bits per heavy atom. The van der Waals surface area contributed by atoms with Crippen LogP contribution in [0.2, 0.25) is 0 Å². The number of carbonyl (C=O) groups excluding carboxylic acids is 1. The van der Waals surface area contributed by atoms with Gasteiger partial charge < -0.3 is 14.1 Å². The summed E-state index contributed by atoms with van der Waals surface area (Å²) >= 11 is 3.44.